The first-order chi connectivity index (χ1) is 12.7. The van der Waals surface area contributed by atoms with Crippen LogP contribution < -0.4 is 4.90 Å². The molecule has 0 radical (unpaired) electrons. The number of thiophene rings is 1. The Hall–Kier alpha value is -2.57. The van der Waals surface area contributed by atoms with Crippen LogP contribution in [0.3, 0.4) is 0 Å². The molecule has 0 fully saturated rings. The number of carbonyl (C=O) groups is 1. The van der Waals surface area contributed by atoms with E-state index in [0.29, 0.717) is 13.0 Å². The molecule has 26 heavy (non-hydrogen) atoms. The monoisotopic (exact) mass is 379 g/mol. The van der Waals surface area contributed by atoms with Crippen LogP contribution in [0.4, 0.5) is 5.13 Å². The molecule has 0 atom stereocenters. The van der Waals surface area contributed by atoms with Crippen molar-refractivity contribution in [1.29, 1.82) is 0 Å². The third kappa shape index (κ3) is 3.66. The van der Waals surface area contributed by atoms with Crippen LogP contribution in [0.5, 0.6) is 0 Å². The van der Waals surface area contributed by atoms with E-state index in [9.17, 15) is 4.79 Å². The second-order valence-corrected chi connectivity index (χ2v) is 8.07. The number of amides is 1. The van der Waals surface area contributed by atoms with Gasteiger partial charge >= 0.3 is 0 Å². The van der Waals surface area contributed by atoms with E-state index < -0.39 is 0 Å². The summed E-state index contributed by atoms with van der Waals surface area (Å²) in [6, 6.07) is 15.9. The topological polar surface area (TPSA) is 46.1 Å². The molecule has 0 aliphatic heterocycles. The molecule has 0 spiro atoms. The summed E-state index contributed by atoms with van der Waals surface area (Å²) in [6.07, 6.45) is 2.12. The highest BCUT2D eigenvalue weighted by Gasteiger charge is 2.21. The largest absolute Gasteiger partial charge is 0.282 e. The van der Waals surface area contributed by atoms with Gasteiger partial charge in [-0.1, -0.05) is 29.5 Å². The van der Waals surface area contributed by atoms with E-state index in [1.165, 1.54) is 5.56 Å². The van der Waals surface area contributed by atoms with Crippen molar-refractivity contribution in [3.63, 3.8) is 0 Å². The zero-order chi connectivity index (χ0) is 17.9. The molecule has 0 unspecified atom stereocenters. The van der Waals surface area contributed by atoms with E-state index in [1.54, 1.807) is 33.8 Å². The number of fused-ring (bicyclic) bond motifs is 1. The molecule has 0 bridgehead atoms. The molecular weight excluding hydrogens is 362 g/mol. The highest BCUT2D eigenvalue weighted by Crippen LogP contribution is 2.31. The summed E-state index contributed by atoms with van der Waals surface area (Å²) in [6.45, 7) is 2.48. The van der Waals surface area contributed by atoms with Crippen LogP contribution in [0, 0.1) is 6.92 Å². The maximum Gasteiger partial charge on any atom is 0.234 e. The maximum absolute atomic E-state index is 13.0. The fourth-order valence-corrected chi connectivity index (χ4v) is 4.49. The zero-order valence-electron chi connectivity index (χ0n) is 14.3. The van der Waals surface area contributed by atoms with Gasteiger partial charge in [0, 0.05) is 11.1 Å². The van der Waals surface area contributed by atoms with Crippen molar-refractivity contribution in [2.24, 2.45) is 0 Å². The number of carbonyl (C=O) groups excluding carboxylic acids is 1. The number of hydrogen-bond donors (Lipinski definition) is 0. The fraction of sp³-hybridized carbons (Fsp3) is 0.150. The predicted molar refractivity (Wildman–Crippen MR) is 108 cm³/mol. The van der Waals surface area contributed by atoms with Crippen molar-refractivity contribution in [3.8, 4) is 0 Å². The van der Waals surface area contributed by atoms with Crippen molar-refractivity contribution < 1.29 is 4.79 Å². The molecular formula is C20H17N3OS2. The van der Waals surface area contributed by atoms with E-state index in [2.05, 4.69) is 18.0 Å². The molecule has 4 aromatic rings. The predicted octanol–water partition coefficient (Wildman–Crippen LogP) is 4.84. The Morgan fingerprint density at radius 3 is 2.85 bits per heavy atom. The van der Waals surface area contributed by atoms with Crippen molar-refractivity contribution in [3.05, 3.63) is 76.2 Å². The molecule has 0 saturated carbocycles. The first-order valence-electron chi connectivity index (χ1n) is 8.29. The van der Waals surface area contributed by atoms with Crippen LogP contribution in [-0.2, 0) is 17.8 Å². The number of aryl methyl sites for hydroxylation is 1. The summed E-state index contributed by atoms with van der Waals surface area (Å²) in [4.78, 5) is 24.9. The molecule has 3 heterocycles. The summed E-state index contributed by atoms with van der Waals surface area (Å²) < 4.78 is 1.09. The Kier molecular flexibility index (Phi) is 4.77. The summed E-state index contributed by atoms with van der Waals surface area (Å²) >= 11 is 3.15. The normalized spacial score (nSPS) is 11.0. The van der Waals surface area contributed by atoms with Gasteiger partial charge < -0.3 is 0 Å². The minimum absolute atomic E-state index is 0.0360. The van der Waals surface area contributed by atoms with E-state index in [4.69, 9.17) is 4.98 Å². The van der Waals surface area contributed by atoms with Gasteiger partial charge in [-0.05, 0) is 48.2 Å². The third-order valence-electron chi connectivity index (χ3n) is 4.02. The van der Waals surface area contributed by atoms with Crippen molar-refractivity contribution in [2.45, 2.75) is 19.9 Å². The summed E-state index contributed by atoms with van der Waals surface area (Å²) in [5, 5.41) is 2.71. The van der Waals surface area contributed by atoms with Crippen LogP contribution in [0.15, 0.2) is 60.1 Å². The smallest absolute Gasteiger partial charge is 0.234 e. The number of pyridine rings is 1. The van der Waals surface area contributed by atoms with Crippen LogP contribution in [-0.4, -0.2) is 15.9 Å². The van der Waals surface area contributed by atoms with E-state index in [-0.39, 0.29) is 5.91 Å². The van der Waals surface area contributed by atoms with E-state index in [1.807, 2.05) is 47.8 Å². The van der Waals surface area contributed by atoms with Crippen LogP contribution >= 0.6 is 22.7 Å². The molecule has 4 nitrogen and oxygen atoms in total. The Labute approximate surface area is 159 Å². The summed E-state index contributed by atoms with van der Waals surface area (Å²) in [5.41, 5.74) is 2.96. The Morgan fingerprint density at radius 1 is 1.15 bits per heavy atom. The minimum Gasteiger partial charge on any atom is -0.282 e. The second kappa shape index (κ2) is 7.35. The van der Waals surface area contributed by atoms with Gasteiger partial charge in [0.05, 0.1) is 28.9 Å². The summed E-state index contributed by atoms with van der Waals surface area (Å²) in [7, 11) is 0. The number of anilines is 1. The Balaban J connectivity index is 1.69. The van der Waals surface area contributed by atoms with Crippen molar-refractivity contribution in [2.75, 3.05) is 4.90 Å². The average Bonchev–Trinajstić information content (AvgIpc) is 3.29. The van der Waals surface area contributed by atoms with E-state index >= 15 is 0 Å². The number of thiazole rings is 1. The van der Waals surface area contributed by atoms with Gasteiger partial charge in [0.1, 0.15) is 0 Å². The van der Waals surface area contributed by atoms with Crippen LogP contribution in [0.2, 0.25) is 0 Å². The molecule has 0 saturated heterocycles. The molecule has 130 valence electrons. The van der Waals surface area contributed by atoms with Gasteiger partial charge in [0.15, 0.2) is 5.13 Å². The van der Waals surface area contributed by atoms with E-state index in [0.717, 1.165) is 25.9 Å². The van der Waals surface area contributed by atoms with Crippen molar-refractivity contribution in [1.82, 2.24) is 9.97 Å². The van der Waals surface area contributed by atoms with Gasteiger partial charge in [-0.15, -0.1) is 11.3 Å². The number of hydrogen-bond acceptors (Lipinski definition) is 5. The average molecular weight is 380 g/mol. The number of rotatable bonds is 5. The van der Waals surface area contributed by atoms with Gasteiger partial charge in [0.25, 0.3) is 0 Å². The third-order valence-corrected chi connectivity index (χ3v) is 5.93. The highest BCUT2D eigenvalue weighted by atomic mass is 32.1. The molecule has 4 rings (SSSR count). The lowest BCUT2D eigenvalue weighted by Crippen LogP contribution is -2.31. The zero-order valence-corrected chi connectivity index (χ0v) is 15.9. The maximum atomic E-state index is 13.0. The summed E-state index contributed by atoms with van der Waals surface area (Å²) in [5.74, 6) is 0.0360. The second-order valence-electron chi connectivity index (χ2n) is 6.02. The molecule has 0 aliphatic carbocycles. The SMILES string of the molecule is Cc1ccc2nc(N(Cc3ccccn3)C(=O)Cc3cccs3)sc2c1. The number of benzene rings is 1. The Bertz CT molecular complexity index is 1030. The lowest BCUT2D eigenvalue weighted by molar-refractivity contribution is -0.118. The first-order valence-corrected chi connectivity index (χ1v) is 9.98. The van der Waals surface area contributed by atoms with Gasteiger partial charge in [-0.25, -0.2) is 4.98 Å². The molecule has 1 aromatic carbocycles. The minimum atomic E-state index is 0.0360. The fourth-order valence-electron chi connectivity index (χ4n) is 2.71. The Morgan fingerprint density at radius 2 is 2.08 bits per heavy atom. The standard InChI is InChI=1S/C20H17N3OS2/c1-14-7-8-17-18(11-14)26-20(22-17)23(13-15-5-2-3-9-21-15)19(24)12-16-6-4-10-25-16/h2-11H,12-13H2,1H3. The van der Waals surface area contributed by atoms with Gasteiger partial charge in [-0.2, -0.15) is 0 Å². The number of nitrogens with zero attached hydrogens (tertiary/aromatic N) is 3. The van der Waals surface area contributed by atoms with Gasteiger partial charge in [-0.3, -0.25) is 14.7 Å². The quantitative estimate of drug-likeness (QED) is 0.499. The van der Waals surface area contributed by atoms with Crippen molar-refractivity contribution >= 4 is 43.9 Å². The lowest BCUT2D eigenvalue weighted by atomic mass is 10.2. The molecule has 0 aliphatic rings. The molecule has 3 aromatic heterocycles. The number of aromatic nitrogens is 2. The molecule has 0 N–H and O–H groups in total. The molecule has 6 heteroatoms. The highest BCUT2D eigenvalue weighted by molar-refractivity contribution is 7.22. The molecule has 1 amide bonds. The lowest BCUT2D eigenvalue weighted by Gasteiger charge is -2.19. The van der Waals surface area contributed by atoms with Gasteiger partial charge in [0.2, 0.25) is 5.91 Å². The van der Waals surface area contributed by atoms with Crippen LogP contribution in [0.1, 0.15) is 16.1 Å². The first kappa shape index (κ1) is 16.9. The van der Waals surface area contributed by atoms with Crippen LogP contribution in [0.25, 0.3) is 10.2 Å².